The Morgan fingerprint density at radius 3 is 2.77 bits per heavy atom. The molecule has 3 rings (SSSR count). The van der Waals surface area contributed by atoms with Crippen molar-refractivity contribution in [3.8, 4) is 0 Å². The fourth-order valence-corrected chi connectivity index (χ4v) is 2.38. The van der Waals surface area contributed by atoms with Crippen LogP contribution in [0.4, 0.5) is 14.5 Å². The van der Waals surface area contributed by atoms with Gasteiger partial charge in [-0.05, 0) is 34.1 Å². The van der Waals surface area contributed by atoms with Crippen LogP contribution in [-0.2, 0) is 0 Å². The normalized spacial score (nSPS) is 10.7. The van der Waals surface area contributed by atoms with E-state index in [0.29, 0.717) is 10.0 Å². The lowest BCUT2D eigenvalue weighted by atomic mass is 10.1. The summed E-state index contributed by atoms with van der Waals surface area (Å²) in [4.78, 5) is 20.0. The molecule has 2 heterocycles. The van der Waals surface area contributed by atoms with E-state index < -0.39 is 17.5 Å². The molecule has 0 aliphatic rings. The number of amides is 1. The third kappa shape index (κ3) is 2.80. The molecular weight excluding hydrogens is 356 g/mol. The Kier molecular flexibility index (Phi) is 3.81. The first-order valence-corrected chi connectivity index (χ1v) is 6.99. The van der Waals surface area contributed by atoms with Crippen LogP contribution in [0.1, 0.15) is 10.4 Å². The van der Waals surface area contributed by atoms with Gasteiger partial charge >= 0.3 is 0 Å². The number of nitrogens with one attached hydrogen (secondary N) is 1. The highest BCUT2D eigenvalue weighted by atomic mass is 79.9. The molecule has 0 bridgehead atoms. The fraction of sp³-hybridized carbons (Fsp3) is 0. The lowest BCUT2D eigenvalue weighted by Gasteiger charge is -2.09. The molecule has 7 heteroatoms. The molecule has 1 N–H and O–H groups in total. The van der Waals surface area contributed by atoms with Gasteiger partial charge in [0.15, 0.2) is 5.82 Å². The van der Waals surface area contributed by atoms with E-state index in [4.69, 9.17) is 0 Å². The van der Waals surface area contributed by atoms with Crippen LogP contribution in [0.15, 0.2) is 47.3 Å². The van der Waals surface area contributed by atoms with E-state index in [1.807, 2.05) is 0 Å². The Labute approximate surface area is 132 Å². The van der Waals surface area contributed by atoms with Crippen molar-refractivity contribution in [1.29, 1.82) is 0 Å². The van der Waals surface area contributed by atoms with Crippen molar-refractivity contribution in [3.05, 3.63) is 64.5 Å². The second-order valence-corrected chi connectivity index (χ2v) is 5.40. The zero-order valence-corrected chi connectivity index (χ0v) is 12.6. The number of benzene rings is 1. The van der Waals surface area contributed by atoms with Crippen LogP contribution in [0.5, 0.6) is 0 Å². The van der Waals surface area contributed by atoms with Gasteiger partial charge in [0, 0.05) is 34.5 Å². The number of carbonyl (C=O) groups excluding carboxylic acids is 1. The van der Waals surface area contributed by atoms with Crippen molar-refractivity contribution in [2.75, 3.05) is 5.32 Å². The van der Waals surface area contributed by atoms with Gasteiger partial charge in [0.1, 0.15) is 11.3 Å². The summed E-state index contributed by atoms with van der Waals surface area (Å²) in [7, 11) is 0. The van der Waals surface area contributed by atoms with Crippen molar-refractivity contribution in [2.24, 2.45) is 0 Å². The largest absolute Gasteiger partial charge is 0.321 e. The summed E-state index contributed by atoms with van der Waals surface area (Å²) < 4.78 is 27.8. The molecule has 1 amide bonds. The van der Waals surface area contributed by atoms with Crippen molar-refractivity contribution in [3.63, 3.8) is 0 Å². The van der Waals surface area contributed by atoms with Gasteiger partial charge < -0.3 is 5.32 Å². The molecule has 2 aromatic heterocycles. The standard InChI is InChI=1S/C15H8BrF2N3O/c16-9-3-8(6-19-7-9)15(22)21-13-1-2-20-14-11(13)4-10(17)5-12(14)18/h1-7H,(H,20,21,22). The van der Waals surface area contributed by atoms with Gasteiger partial charge in [0.25, 0.3) is 5.91 Å². The first-order valence-electron chi connectivity index (χ1n) is 6.20. The Bertz CT molecular complexity index is 886. The summed E-state index contributed by atoms with van der Waals surface area (Å²) in [6, 6.07) is 4.94. The van der Waals surface area contributed by atoms with E-state index in [9.17, 15) is 13.6 Å². The average molecular weight is 364 g/mol. The third-order valence-electron chi connectivity index (χ3n) is 2.98. The molecule has 1 aromatic carbocycles. The predicted octanol–water partition coefficient (Wildman–Crippen LogP) is 3.92. The van der Waals surface area contributed by atoms with Gasteiger partial charge in [-0.25, -0.2) is 8.78 Å². The van der Waals surface area contributed by atoms with E-state index in [-0.39, 0.29) is 16.6 Å². The molecule has 0 saturated heterocycles. The topological polar surface area (TPSA) is 54.9 Å². The number of pyridine rings is 2. The molecule has 4 nitrogen and oxygen atoms in total. The highest BCUT2D eigenvalue weighted by Crippen LogP contribution is 2.25. The van der Waals surface area contributed by atoms with E-state index in [2.05, 4.69) is 31.2 Å². The summed E-state index contributed by atoms with van der Waals surface area (Å²) in [6.07, 6.45) is 4.28. The number of hydrogen-bond acceptors (Lipinski definition) is 3. The van der Waals surface area contributed by atoms with Crippen LogP contribution in [0.25, 0.3) is 10.9 Å². The number of rotatable bonds is 2. The minimum Gasteiger partial charge on any atom is -0.321 e. The van der Waals surface area contributed by atoms with Crippen molar-refractivity contribution >= 4 is 38.4 Å². The summed E-state index contributed by atoms with van der Waals surface area (Å²) in [6.45, 7) is 0. The molecule has 0 radical (unpaired) electrons. The molecule has 0 saturated carbocycles. The summed E-state index contributed by atoms with van der Waals surface area (Å²) in [5.41, 5.74) is 0.580. The maximum absolute atomic E-state index is 13.7. The molecule has 0 spiro atoms. The van der Waals surface area contributed by atoms with Gasteiger partial charge in [0.05, 0.1) is 11.3 Å². The summed E-state index contributed by atoms with van der Waals surface area (Å²) >= 11 is 3.22. The monoisotopic (exact) mass is 363 g/mol. The third-order valence-corrected chi connectivity index (χ3v) is 3.41. The van der Waals surface area contributed by atoms with E-state index in [0.717, 1.165) is 12.1 Å². The quantitative estimate of drug-likeness (QED) is 0.750. The van der Waals surface area contributed by atoms with Crippen molar-refractivity contribution < 1.29 is 13.6 Å². The fourth-order valence-electron chi connectivity index (χ4n) is 2.02. The summed E-state index contributed by atoms with van der Waals surface area (Å²) in [5.74, 6) is -1.96. The lowest BCUT2D eigenvalue weighted by molar-refractivity contribution is 0.102. The second-order valence-electron chi connectivity index (χ2n) is 4.49. The van der Waals surface area contributed by atoms with Crippen molar-refractivity contribution in [2.45, 2.75) is 0 Å². The van der Waals surface area contributed by atoms with Gasteiger partial charge in [-0.2, -0.15) is 0 Å². The van der Waals surface area contributed by atoms with Crippen LogP contribution < -0.4 is 5.32 Å². The molecule has 110 valence electrons. The molecule has 22 heavy (non-hydrogen) atoms. The van der Waals surface area contributed by atoms with E-state index in [1.165, 1.54) is 18.5 Å². The molecule has 0 atom stereocenters. The molecular formula is C15H8BrF2N3O. The number of carbonyl (C=O) groups is 1. The Morgan fingerprint density at radius 1 is 1.18 bits per heavy atom. The zero-order valence-electron chi connectivity index (χ0n) is 11.0. The van der Waals surface area contributed by atoms with Crippen LogP contribution in [0, 0.1) is 11.6 Å². The molecule has 0 unspecified atom stereocenters. The molecule has 0 aliphatic carbocycles. The van der Waals surface area contributed by atoms with Crippen LogP contribution in [0.3, 0.4) is 0 Å². The van der Waals surface area contributed by atoms with Gasteiger partial charge in [0.2, 0.25) is 0 Å². The molecule has 3 aromatic rings. The van der Waals surface area contributed by atoms with Gasteiger partial charge in [-0.15, -0.1) is 0 Å². The van der Waals surface area contributed by atoms with Crippen LogP contribution >= 0.6 is 15.9 Å². The smallest absolute Gasteiger partial charge is 0.257 e. The number of halogens is 3. The number of anilines is 1. The zero-order chi connectivity index (χ0) is 15.7. The minimum absolute atomic E-state index is 0.00781. The molecule has 0 fully saturated rings. The highest BCUT2D eigenvalue weighted by Gasteiger charge is 2.12. The van der Waals surface area contributed by atoms with E-state index in [1.54, 1.807) is 12.3 Å². The number of aromatic nitrogens is 2. The summed E-state index contributed by atoms with van der Waals surface area (Å²) in [5, 5.41) is 2.80. The lowest BCUT2D eigenvalue weighted by Crippen LogP contribution is -2.12. The Balaban J connectivity index is 2.02. The first-order chi connectivity index (χ1) is 10.5. The number of hydrogen-bond donors (Lipinski definition) is 1. The minimum atomic E-state index is -0.782. The number of nitrogens with zero attached hydrogens (tertiary/aromatic N) is 2. The SMILES string of the molecule is O=C(Nc1ccnc2c(F)cc(F)cc12)c1cncc(Br)c1. The number of fused-ring (bicyclic) bond motifs is 1. The van der Waals surface area contributed by atoms with Crippen LogP contribution in [0.2, 0.25) is 0 Å². The highest BCUT2D eigenvalue weighted by molar-refractivity contribution is 9.10. The Morgan fingerprint density at radius 2 is 2.00 bits per heavy atom. The predicted molar refractivity (Wildman–Crippen MR) is 81.5 cm³/mol. The first kappa shape index (κ1) is 14.5. The van der Waals surface area contributed by atoms with Gasteiger partial charge in [-0.3, -0.25) is 14.8 Å². The molecule has 0 aliphatic heterocycles. The second kappa shape index (κ2) is 5.76. The van der Waals surface area contributed by atoms with Gasteiger partial charge in [-0.1, -0.05) is 0 Å². The van der Waals surface area contributed by atoms with E-state index >= 15 is 0 Å². The van der Waals surface area contributed by atoms with Crippen molar-refractivity contribution in [1.82, 2.24) is 9.97 Å². The average Bonchev–Trinajstić information content (AvgIpc) is 2.48. The maximum atomic E-state index is 13.7. The van der Waals surface area contributed by atoms with Crippen LogP contribution in [-0.4, -0.2) is 15.9 Å². The maximum Gasteiger partial charge on any atom is 0.257 e. The Hall–Kier alpha value is -2.41.